The Kier molecular flexibility index (Phi) is 7.34. The van der Waals surface area contributed by atoms with Gasteiger partial charge < -0.3 is 9.88 Å². The molecule has 2 atom stereocenters. The van der Waals surface area contributed by atoms with Gasteiger partial charge in [-0.15, -0.1) is 0 Å². The van der Waals surface area contributed by atoms with Crippen LogP contribution in [0.2, 0.25) is 0 Å². The minimum atomic E-state index is -0.174. The van der Waals surface area contributed by atoms with Crippen LogP contribution in [0.15, 0.2) is 187 Å². The highest BCUT2D eigenvalue weighted by atomic mass is 15.3. The van der Waals surface area contributed by atoms with E-state index >= 15 is 0 Å². The van der Waals surface area contributed by atoms with Crippen molar-refractivity contribution in [3.63, 3.8) is 0 Å². The number of para-hydroxylation sites is 1. The molecule has 7 aromatic carbocycles. The minimum Gasteiger partial charge on any atom is -0.350 e. The number of aliphatic imine (C=N–C) groups is 1. The van der Waals surface area contributed by atoms with Crippen LogP contribution in [-0.2, 0) is 0 Å². The fraction of sp³-hybridized carbons (Fsp3) is 0.0444. The number of hydrogen-bond donors (Lipinski definition) is 2. The lowest BCUT2D eigenvalue weighted by atomic mass is 9.95. The van der Waals surface area contributed by atoms with E-state index in [2.05, 4.69) is 185 Å². The second-order valence-electron chi connectivity index (χ2n) is 12.5. The lowest BCUT2D eigenvalue weighted by molar-refractivity contribution is 0.409. The van der Waals surface area contributed by atoms with Gasteiger partial charge in [-0.25, -0.2) is 4.99 Å². The van der Waals surface area contributed by atoms with Gasteiger partial charge in [0.25, 0.3) is 0 Å². The summed E-state index contributed by atoms with van der Waals surface area (Å²) in [6.07, 6.45) is -0.301. The summed E-state index contributed by atoms with van der Waals surface area (Å²) in [7, 11) is 0. The van der Waals surface area contributed by atoms with Gasteiger partial charge in [0.2, 0.25) is 0 Å². The molecule has 234 valence electrons. The van der Waals surface area contributed by atoms with Gasteiger partial charge in [-0.05, 0) is 58.1 Å². The van der Waals surface area contributed by atoms with Crippen molar-refractivity contribution < 1.29 is 0 Å². The first-order valence-electron chi connectivity index (χ1n) is 16.8. The number of hydrogen-bond acceptors (Lipinski definition) is 3. The SMILES string of the molecule is c1ccc(C2=NC(c3ccccc3)NC(c3ccc(-n4c5ccccc5c5cc(-c6ccccc6)cc(-c6ccccc6)c54)cc3)N2)cc1. The van der Waals surface area contributed by atoms with E-state index in [0.717, 1.165) is 28.2 Å². The number of benzene rings is 7. The maximum absolute atomic E-state index is 5.08. The molecule has 0 bridgehead atoms. The fourth-order valence-corrected chi connectivity index (χ4v) is 7.10. The molecule has 4 nitrogen and oxygen atoms in total. The Bertz CT molecular complexity index is 2410. The van der Waals surface area contributed by atoms with Crippen LogP contribution in [0.5, 0.6) is 0 Å². The van der Waals surface area contributed by atoms with Crippen molar-refractivity contribution >= 4 is 27.6 Å². The molecule has 49 heavy (non-hydrogen) atoms. The van der Waals surface area contributed by atoms with Crippen LogP contribution in [0.3, 0.4) is 0 Å². The van der Waals surface area contributed by atoms with Gasteiger partial charge in [0.1, 0.15) is 18.2 Å². The number of nitrogens with one attached hydrogen (secondary N) is 2. The van der Waals surface area contributed by atoms with Gasteiger partial charge in [-0.3, -0.25) is 5.32 Å². The lowest BCUT2D eigenvalue weighted by Crippen LogP contribution is -2.44. The van der Waals surface area contributed by atoms with E-state index in [1.165, 1.54) is 44.1 Å². The van der Waals surface area contributed by atoms with Gasteiger partial charge >= 0.3 is 0 Å². The van der Waals surface area contributed by atoms with Gasteiger partial charge in [0.15, 0.2) is 0 Å². The summed E-state index contributed by atoms with van der Waals surface area (Å²) in [4.78, 5) is 5.08. The van der Waals surface area contributed by atoms with Gasteiger partial charge in [-0.1, -0.05) is 152 Å². The highest BCUT2D eigenvalue weighted by molar-refractivity contribution is 6.15. The van der Waals surface area contributed by atoms with Crippen molar-refractivity contribution in [1.29, 1.82) is 0 Å². The second-order valence-corrected chi connectivity index (χ2v) is 12.5. The summed E-state index contributed by atoms with van der Waals surface area (Å²) in [5, 5.41) is 9.91. The highest BCUT2D eigenvalue weighted by Gasteiger charge is 2.26. The molecular weight excluding hydrogens is 597 g/mol. The lowest BCUT2D eigenvalue weighted by Gasteiger charge is -2.32. The molecule has 0 saturated carbocycles. The van der Waals surface area contributed by atoms with Crippen molar-refractivity contribution in [2.75, 3.05) is 0 Å². The fourth-order valence-electron chi connectivity index (χ4n) is 7.10. The summed E-state index contributed by atoms with van der Waals surface area (Å²) in [5.41, 5.74) is 11.7. The summed E-state index contributed by atoms with van der Waals surface area (Å²) < 4.78 is 2.43. The molecule has 9 rings (SSSR count). The molecule has 2 unspecified atom stereocenters. The van der Waals surface area contributed by atoms with E-state index in [9.17, 15) is 0 Å². The average molecular weight is 631 g/mol. The average Bonchev–Trinajstić information content (AvgIpc) is 3.53. The number of fused-ring (bicyclic) bond motifs is 3. The van der Waals surface area contributed by atoms with Crippen LogP contribution in [0, 0.1) is 0 Å². The Morgan fingerprint density at radius 3 is 1.76 bits per heavy atom. The van der Waals surface area contributed by atoms with Crippen LogP contribution in [0.25, 0.3) is 49.7 Å². The van der Waals surface area contributed by atoms with Crippen LogP contribution < -0.4 is 10.6 Å². The summed E-state index contributed by atoms with van der Waals surface area (Å²) in [5.74, 6) is 0.881. The molecule has 0 radical (unpaired) electrons. The third-order valence-electron chi connectivity index (χ3n) is 9.47. The first-order valence-corrected chi connectivity index (χ1v) is 16.8. The standard InChI is InChI=1S/C45H34N4/c1-5-15-31(16-6-1)36-29-39(32-17-7-2-8-18-32)42-40(30-36)38-23-13-14-24-41(38)49(42)37-27-25-35(26-28-37)45-47-43(33-19-9-3-10-20-33)46-44(48-45)34-21-11-4-12-22-34/h1-30,43,45,47H,(H,46,48). The van der Waals surface area contributed by atoms with Gasteiger partial charge in [-0.2, -0.15) is 0 Å². The third-order valence-corrected chi connectivity index (χ3v) is 9.47. The Hall–Kier alpha value is -6.23. The molecule has 0 amide bonds. The van der Waals surface area contributed by atoms with Gasteiger partial charge in [0, 0.05) is 27.6 Å². The molecule has 0 fully saturated rings. The summed E-state index contributed by atoms with van der Waals surface area (Å²) in [6, 6.07) is 64.7. The predicted octanol–water partition coefficient (Wildman–Crippen LogP) is 10.5. The van der Waals surface area contributed by atoms with Crippen LogP contribution >= 0.6 is 0 Å². The van der Waals surface area contributed by atoms with Crippen LogP contribution in [-0.4, -0.2) is 10.4 Å². The quantitative estimate of drug-likeness (QED) is 0.192. The second kappa shape index (κ2) is 12.4. The van der Waals surface area contributed by atoms with Crippen molar-refractivity contribution in [3.8, 4) is 27.9 Å². The van der Waals surface area contributed by atoms with E-state index in [0.29, 0.717) is 0 Å². The maximum Gasteiger partial charge on any atom is 0.131 e. The Balaban J connectivity index is 1.17. The van der Waals surface area contributed by atoms with Gasteiger partial charge in [0.05, 0.1) is 11.0 Å². The van der Waals surface area contributed by atoms with Crippen LogP contribution in [0.4, 0.5) is 0 Å². The number of nitrogens with zero attached hydrogens (tertiary/aromatic N) is 2. The zero-order chi connectivity index (χ0) is 32.6. The van der Waals surface area contributed by atoms with E-state index in [1.807, 2.05) is 12.1 Å². The molecule has 2 N–H and O–H groups in total. The molecule has 1 aromatic heterocycles. The summed E-state index contributed by atoms with van der Waals surface area (Å²) >= 11 is 0. The van der Waals surface area contributed by atoms with Crippen molar-refractivity contribution in [2.24, 2.45) is 4.99 Å². The molecule has 0 aliphatic carbocycles. The monoisotopic (exact) mass is 630 g/mol. The van der Waals surface area contributed by atoms with E-state index in [4.69, 9.17) is 4.99 Å². The molecule has 8 aromatic rings. The highest BCUT2D eigenvalue weighted by Crippen LogP contribution is 2.41. The first-order chi connectivity index (χ1) is 24.3. The Morgan fingerprint density at radius 2 is 1.06 bits per heavy atom. The molecule has 1 aliphatic heterocycles. The molecule has 2 heterocycles. The minimum absolute atomic E-state index is 0.126. The van der Waals surface area contributed by atoms with Crippen molar-refractivity contribution in [2.45, 2.75) is 12.3 Å². The Labute approximate surface area is 286 Å². The maximum atomic E-state index is 5.08. The van der Waals surface area contributed by atoms with E-state index in [1.54, 1.807) is 0 Å². The third kappa shape index (κ3) is 5.38. The molecule has 0 spiro atoms. The normalized spacial score (nSPS) is 16.0. The number of rotatable bonds is 6. The number of aromatic nitrogens is 1. The Morgan fingerprint density at radius 1 is 0.469 bits per heavy atom. The number of amidine groups is 1. The predicted molar refractivity (Wildman–Crippen MR) is 203 cm³/mol. The van der Waals surface area contributed by atoms with E-state index in [-0.39, 0.29) is 12.3 Å². The van der Waals surface area contributed by atoms with Crippen LogP contribution in [0.1, 0.15) is 29.0 Å². The zero-order valence-electron chi connectivity index (χ0n) is 26.9. The summed E-state index contributed by atoms with van der Waals surface area (Å²) in [6.45, 7) is 0. The first kappa shape index (κ1) is 29.0. The molecular formula is C45H34N4. The zero-order valence-corrected chi connectivity index (χ0v) is 26.9. The molecule has 4 heteroatoms. The molecule has 1 aliphatic rings. The largest absolute Gasteiger partial charge is 0.350 e. The van der Waals surface area contributed by atoms with Crippen molar-refractivity contribution in [3.05, 3.63) is 199 Å². The van der Waals surface area contributed by atoms with Crippen molar-refractivity contribution in [1.82, 2.24) is 15.2 Å². The topological polar surface area (TPSA) is 41.4 Å². The molecule has 0 saturated heterocycles. The smallest absolute Gasteiger partial charge is 0.131 e. The van der Waals surface area contributed by atoms with E-state index < -0.39 is 0 Å².